The Morgan fingerprint density at radius 2 is 1.62 bits per heavy atom. The summed E-state index contributed by atoms with van der Waals surface area (Å²) in [7, 11) is 0. The lowest BCUT2D eigenvalue weighted by Crippen LogP contribution is -2.17. The molecule has 0 atom stereocenters. The van der Waals surface area contributed by atoms with Crippen LogP contribution in [0, 0.1) is 0 Å². The van der Waals surface area contributed by atoms with Crippen molar-refractivity contribution in [2.24, 2.45) is 5.10 Å². The van der Waals surface area contributed by atoms with Gasteiger partial charge in [0.1, 0.15) is 12.4 Å². The Morgan fingerprint density at radius 3 is 2.31 bits per heavy atom. The molecule has 1 N–H and O–H groups in total. The number of carbonyl (C=O) groups excluding carboxylic acids is 1. The summed E-state index contributed by atoms with van der Waals surface area (Å²) < 4.78 is 17.0. The van der Waals surface area contributed by atoms with Gasteiger partial charge < -0.3 is 14.2 Å². The maximum absolute atomic E-state index is 12.2. The van der Waals surface area contributed by atoms with Gasteiger partial charge in [0, 0.05) is 10.6 Å². The number of ether oxygens (including phenoxy) is 3. The molecule has 0 bridgehead atoms. The number of halogens is 1. The van der Waals surface area contributed by atoms with Crippen molar-refractivity contribution in [3.8, 4) is 17.2 Å². The minimum atomic E-state index is -0.308. The molecular weight excluding hydrogens is 428 g/mol. The topological polar surface area (TPSA) is 69.2 Å². The van der Waals surface area contributed by atoms with E-state index < -0.39 is 0 Å². The van der Waals surface area contributed by atoms with Crippen LogP contribution in [0.5, 0.6) is 17.2 Å². The Kier molecular flexibility index (Phi) is 8.52. The molecule has 0 saturated carbocycles. The fourth-order valence-corrected chi connectivity index (χ4v) is 2.96. The van der Waals surface area contributed by atoms with Crippen molar-refractivity contribution in [3.63, 3.8) is 0 Å². The Balaban J connectivity index is 1.61. The molecule has 32 heavy (non-hydrogen) atoms. The van der Waals surface area contributed by atoms with Crippen LogP contribution in [0.15, 0.2) is 71.8 Å². The molecule has 0 aromatic heterocycles. The van der Waals surface area contributed by atoms with Crippen LogP contribution < -0.4 is 19.6 Å². The van der Waals surface area contributed by atoms with Gasteiger partial charge in [0.25, 0.3) is 5.91 Å². The first-order valence-corrected chi connectivity index (χ1v) is 10.7. The van der Waals surface area contributed by atoms with Crippen LogP contribution >= 0.6 is 11.6 Å². The predicted molar refractivity (Wildman–Crippen MR) is 126 cm³/mol. The quantitative estimate of drug-likeness (QED) is 0.326. The first-order chi connectivity index (χ1) is 15.6. The highest BCUT2D eigenvalue weighted by molar-refractivity contribution is 6.30. The molecule has 1 amide bonds. The van der Waals surface area contributed by atoms with E-state index in [1.54, 1.807) is 30.5 Å². The summed E-state index contributed by atoms with van der Waals surface area (Å²) in [5.41, 5.74) is 4.78. The SMILES string of the molecule is CCOc1ccc(C(=O)N/N=C/c2ccc(OCc3ccc(Cl)cc3)c(OCC)c2)cc1. The van der Waals surface area contributed by atoms with Gasteiger partial charge in [-0.2, -0.15) is 5.10 Å². The molecule has 3 aromatic carbocycles. The summed E-state index contributed by atoms with van der Waals surface area (Å²) >= 11 is 5.92. The van der Waals surface area contributed by atoms with E-state index in [0.717, 1.165) is 16.9 Å². The van der Waals surface area contributed by atoms with Gasteiger partial charge in [-0.05, 0) is 79.6 Å². The normalized spacial score (nSPS) is 10.7. The number of hydrogen-bond acceptors (Lipinski definition) is 5. The van der Waals surface area contributed by atoms with E-state index >= 15 is 0 Å². The smallest absolute Gasteiger partial charge is 0.271 e. The molecular formula is C25H25ClN2O4. The van der Waals surface area contributed by atoms with E-state index in [4.69, 9.17) is 25.8 Å². The van der Waals surface area contributed by atoms with Gasteiger partial charge in [0.15, 0.2) is 11.5 Å². The molecule has 0 saturated heterocycles. The van der Waals surface area contributed by atoms with E-state index in [0.29, 0.717) is 41.9 Å². The van der Waals surface area contributed by atoms with Crippen molar-refractivity contribution in [3.05, 3.63) is 88.4 Å². The van der Waals surface area contributed by atoms with E-state index in [9.17, 15) is 4.79 Å². The third-order valence-corrected chi connectivity index (χ3v) is 4.63. The number of amides is 1. The summed E-state index contributed by atoms with van der Waals surface area (Å²) in [6.45, 7) is 5.27. The first-order valence-electron chi connectivity index (χ1n) is 10.3. The first kappa shape index (κ1) is 23.2. The van der Waals surface area contributed by atoms with Crippen LogP contribution in [0.25, 0.3) is 0 Å². The van der Waals surface area contributed by atoms with Crippen molar-refractivity contribution < 1.29 is 19.0 Å². The molecule has 0 aliphatic heterocycles. The second-order valence-electron chi connectivity index (χ2n) is 6.71. The van der Waals surface area contributed by atoms with Gasteiger partial charge in [0.05, 0.1) is 19.4 Å². The molecule has 6 nitrogen and oxygen atoms in total. The van der Waals surface area contributed by atoms with Gasteiger partial charge in [-0.15, -0.1) is 0 Å². The van der Waals surface area contributed by atoms with Crippen molar-refractivity contribution in [2.75, 3.05) is 13.2 Å². The van der Waals surface area contributed by atoms with Gasteiger partial charge in [0.2, 0.25) is 0 Å². The molecule has 0 spiro atoms. The van der Waals surface area contributed by atoms with Gasteiger partial charge >= 0.3 is 0 Å². The summed E-state index contributed by atoms with van der Waals surface area (Å²) in [6, 6.07) is 19.8. The van der Waals surface area contributed by atoms with Crippen LogP contribution in [0.3, 0.4) is 0 Å². The lowest BCUT2D eigenvalue weighted by atomic mass is 10.2. The molecule has 166 valence electrons. The monoisotopic (exact) mass is 452 g/mol. The standard InChI is InChI=1S/C25H25ClN2O4/c1-3-30-22-12-8-20(9-13-22)25(29)28-27-16-19-7-14-23(24(15-19)31-4-2)32-17-18-5-10-21(26)11-6-18/h5-16H,3-4,17H2,1-2H3,(H,28,29)/b27-16+. The molecule has 0 heterocycles. The second-order valence-corrected chi connectivity index (χ2v) is 7.15. The zero-order valence-electron chi connectivity index (χ0n) is 18.0. The summed E-state index contributed by atoms with van der Waals surface area (Å²) in [6.07, 6.45) is 1.55. The number of rotatable bonds is 10. The molecule has 0 radical (unpaired) electrons. The largest absolute Gasteiger partial charge is 0.494 e. The third-order valence-electron chi connectivity index (χ3n) is 4.38. The Bertz CT molecular complexity index is 1050. The predicted octanol–water partition coefficient (Wildman–Crippen LogP) is 5.48. The van der Waals surface area contributed by atoms with Crippen molar-refractivity contribution in [1.29, 1.82) is 0 Å². The number of carbonyl (C=O) groups is 1. The molecule has 0 aliphatic rings. The number of nitrogens with zero attached hydrogens (tertiary/aromatic N) is 1. The van der Waals surface area contributed by atoms with Gasteiger partial charge in [-0.3, -0.25) is 4.79 Å². The summed E-state index contributed by atoms with van der Waals surface area (Å²) in [5, 5.41) is 4.73. The molecule has 0 unspecified atom stereocenters. The summed E-state index contributed by atoms with van der Waals surface area (Å²) in [5.74, 6) is 1.63. The minimum absolute atomic E-state index is 0.308. The van der Waals surface area contributed by atoms with Crippen LogP contribution in [-0.2, 0) is 6.61 Å². The van der Waals surface area contributed by atoms with Crippen LogP contribution in [0.4, 0.5) is 0 Å². The highest BCUT2D eigenvalue weighted by Gasteiger charge is 2.08. The van der Waals surface area contributed by atoms with E-state index in [1.165, 1.54) is 0 Å². The zero-order valence-corrected chi connectivity index (χ0v) is 18.8. The highest BCUT2D eigenvalue weighted by Crippen LogP contribution is 2.29. The number of hydrazone groups is 1. The Labute approximate surface area is 192 Å². The van der Waals surface area contributed by atoms with Crippen LogP contribution in [0.2, 0.25) is 5.02 Å². The molecule has 3 rings (SSSR count). The second kappa shape index (κ2) is 11.8. The van der Waals surface area contributed by atoms with Gasteiger partial charge in [-0.25, -0.2) is 5.43 Å². The fourth-order valence-electron chi connectivity index (χ4n) is 2.83. The molecule has 7 heteroatoms. The van der Waals surface area contributed by atoms with Crippen molar-refractivity contribution in [2.45, 2.75) is 20.5 Å². The summed E-state index contributed by atoms with van der Waals surface area (Å²) in [4.78, 5) is 12.2. The lowest BCUT2D eigenvalue weighted by Gasteiger charge is -2.12. The maximum atomic E-state index is 12.2. The van der Waals surface area contributed by atoms with Crippen molar-refractivity contribution in [1.82, 2.24) is 5.43 Å². The highest BCUT2D eigenvalue weighted by atomic mass is 35.5. The molecule has 3 aromatic rings. The van der Waals surface area contributed by atoms with E-state index in [-0.39, 0.29) is 5.91 Å². The average Bonchev–Trinajstić information content (AvgIpc) is 2.80. The van der Waals surface area contributed by atoms with Gasteiger partial charge in [-0.1, -0.05) is 23.7 Å². The molecule has 0 aliphatic carbocycles. The zero-order chi connectivity index (χ0) is 22.8. The lowest BCUT2D eigenvalue weighted by molar-refractivity contribution is 0.0955. The Hall–Kier alpha value is -3.51. The Morgan fingerprint density at radius 1 is 0.906 bits per heavy atom. The number of benzene rings is 3. The average molecular weight is 453 g/mol. The molecule has 0 fully saturated rings. The third kappa shape index (κ3) is 6.75. The van der Waals surface area contributed by atoms with E-state index in [1.807, 2.05) is 56.3 Å². The number of nitrogens with one attached hydrogen (secondary N) is 1. The maximum Gasteiger partial charge on any atom is 0.271 e. The minimum Gasteiger partial charge on any atom is -0.494 e. The van der Waals surface area contributed by atoms with Crippen LogP contribution in [-0.4, -0.2) is 25.3 Å². The van der Waals surface area contributed by atoms with Crippen LogP contribution in [0.1, 0.15) is 35.3 Å². The number of hydrogen-bond donors (Lipinski definition) is 1. The van der Waals surface area contributed by atoms with E-state index in [2.05, 4.69) is 10.5 Å². The fraction of sp³-hybridized carbons (Fsp3) is 0.200. The van der Waals surface area contributed by atoms with Crippen molar-refractivity contribution >= 4 is 23.7 Å².